The molecule has 6 heteroatoms. The summed E-state index contributed by atoms with van der Waals surface area (Å²) in [5, 5.41) is 12.3. The number of aliphatic carboxylic acids is 1. The van der Waals surface area contributed by atoms with E-state index in [1.807, 2.05) is 0 Å². The molecule has 1 aliphatic heterocycles. The molecule has 1 atom stereocenters. The molecule has 18 heavy (non-hydrogen) atoms. The van der Waals surface area contributed by atoms with Crippen molar-refractivity contribution < 1.29 is 18.7 Å². The summed E-state index contributed by atoms with van der Waals surface area (Å²) < 4.78 is 26.9. The van der Waals surface area contributed by atoms with Gasteiger partial charge in [0.15, 0.2) is 11.6 Å². The highest BCUT2D eigenvalue weighted by atomic mass is 19.2. The third kappa shape index (κ3) is 2.49. The SMILES string of the molecule is O=C(O)C(c1cccc(F)c1F)N1CCNCC1. The Bertz CT molecular complexity index is 448. The molecule has 1 heterocycles. The lowest BCUT2D eigenvalue weighted by Gasteiger charge is -2.32. The second kappa shape index (κ2) is 5.41. The molecule has 0 aromatic heterocycles. The highest BCUT2D eigenvalue weighted by Crippen LogP contribution is 2.25. The minimum Gasteiger partial charge on any atom is -0.480 e. The summed E-state index contributed by atoms with van der Waals surface area (Å²) in [6.07, 6.45) is 0. The number of rotatable bonds is 3. The summed E-state index contributed by atoms with van der Waals surface area (Å²) in [6, 6.07) is 2.49. The fourth-order valence-electron chi connectivity index (χ4n) is 2.16. The second-order valence-corrected chi connectivity index (χ2v) is 4.17. The summed E-state index contributed by atoms with van der Waals surface area (Å²) in [4.78, 5) is 12.9. The van der Waals surface area contributed by atoms with Crippen LogP contribution in [-0.4, -0.2) is 42.2 Å². The van der Waals surface area contributed by atoms with Gasteiger partial charge in [-0.05, 0) is 6.07 Å². The van der Waals surface area contributed by atoms with Crippen LogP contribution in [0.1, 0.15) is 11.6 Å². The number of carbonyl (C=O) groups is 1. The molecule has 4 nitrogen and oxygen atoms in total. The number of carboxylic acid groups (broad SMARTS) is 1. The van der Waals surface area contributed by atoms with Crippen LogP contribution < -0.4 is 5.32 Å². The third-order valence-corrected chi connectivity index (χ3v) is 3.03. The van der Waals surface area contributed by atoms with Crippen molar-refractivity contribution >= 4 is 5.97 Å². The van der Waals surface area contributed by atoms with Gasteiger partial charge < -0.3 is 10.4 Å². The van der Waals surface area contributed by atoms with Gasteiger partial charge in [-0.25, -0.2) is 8.78 Å². The van der Waals surface area contributed by atoms with Crippen molar-refractivity contribution in [1.29, 1.82) is 0 Å². The van der Waals surface area contributed by atoms with Crippen LogP contribution in [0.5, 0.6) is 0 Å². The molecule has 0 aliphatic carbocycles. The average molecular weight is 256 g/mol. The lowest BCUT2D eigenvalue weighted by atomic mass is 10.0. The maximum Gasteiger partial charge on any atom is 0.325 e. The van der Waals surface area contributed by atoms with E-state index >= 15 is 0 Å². The van der Waals surface area contributed by atoms with Gasteiger partial charge in [-0.2, -0.15) is 0 Å². The van der Waals surface area contributed by atoms with E-state index in [4.69, 9.17) is 0 Å². The van der Waals surface area contributed by atoms with Crippen molar-refractivity contribution in [3.8, 4) is 0 Å². The van der Waals surface area contributed by atoms with E-state index in [-0.39, 0.29) is 5.56 Å². The van der Waals surface area contributed by atoms with Gasteiger partial charge in [0.05, 0.1) is 0 Å². The third-order valence-electron chi connectivity index (χ3n) is 3.03. The molecule has 0 saturated carbocycles. The van der Waals surface area contributed by atoms with Crippen LogP contribution in [0.15, 0.2) is 18.2 Å². The maximum absolute atomic E-state index is 13.7. The van der Waals surface area contributed by atoms with Crippen molar-refractivity contribution in [2.24, 2.45) is 0 Å². The minimum absolute atomic E-state index is 0.121. The number of nitrogens with zero attached hydrogens (tertiary/aromatic N) is 1. The summed E-state index contributed by atoms with van der Waals surface area (Å²) in [6.45, 7) is 2.27. The molecule has 1 fully saturated rings. The number of carboxylic acids is 1. The fourth-order valence-corrected chi connectivity index (χ4v) is 2.16. The van der Waals surface area contributed by atoms with E-state index in [0.717, 1.165) is 6.07 Å². The topological polar surface area (TPSA) is 52.6 Å². The van der Waals surface area contributed by atoms with Crippen molar-refractivity contribution in [1.82, 2.24) is 10.2 Å². The molecule has 1 saturated heterocycles. The lowest BCUT2D eigenvalue weighted by Crippen LogP contribution is -2.47. The number of hydrogen-bond acceptors (Lipinski definition) is 3. The number of nitrogens with one attached hydrogen (secondary N) is 1. The molecule has 0 radical (unpaired) electrons. The van der Waals surface area contributed by atoms with Crippen LogP contribution in [0.2, 0.25) is 0 Å². The van der Waals surface area contributed by atoms with E-state index in [1.54, 1.807) is 4.90 Å². The Labute approximate surface area is 103 Å². The highest BCUT2D eigenvalue weighted by Gasteiger charge is 2.31. The van der Waals surface area contributed by atoms with Crippen molar-refractivity contribution in [2.75, 3.05) is 26.2 Å². The molecule has 1 aliphatic rings. The van der Waals surface area contributed by atoms with Gasteiger partial charge in [-0.15, -0.1) is 0 Å². The van der Waals surface area contributed by atoms with Crippen LogP contribution in [-0.2, 0) is 4.79 Å². The average Bonchev–Trinajstić information content (AvgIpc) is 2.36. The van der Waals surface area contributed by atoms with Crippen LogP contribution in [0, 0.1) is 11.6 Å². The number of hydrogen-bond donors (Lipinski definition) is 2. The first kappa shape index (κ1) is 12.9. The van der Waals surface area contributed by atoms with Gasteiger partial charge in [-0.1, -0.05) is 12.1 Å². The molecule has 2 rings (SSSR count). The highest BCUT2D eigenvalue weighted by molar-refractivity contribution is 5.75. The molecule has 1 unspecified atom stereocenters. The summed E-state index contributed by atoms with van der Waals surface area (Å²) in [5.74, 6) is -3.27. The summed E-state index contributed by atoms with van der Waals surface area (Å²) in [7, 11) is 0. The first-order chi connectivity index (χ1) is 8.61. The van der Waals surface area contributed by atoms with Crippen molar-refractivity contribution in [3.63, 3.8) is 0 Å². The van der Waals surface area contributed by atoms with Crippen LogP contribution in [0.3, 0.4) is 0 Å². The van der Waals surface area contributed by atoms with E-state index in [0.29, 0.717) is 26.2 Å². The molecular weight excluding hydrogens is 242 g/mol. The Balaban J connectivity index is 2.34. The zero-order chi connectivity index (χ0) is 13.1. The molecule has 1 aromatic rings. The summed E-state index contributed by atoms with van der Waals surface area (Å²) >= 11 is 0. The zero-order valence-corrected chi connectivity index (χ0v) is 9.70. The van der Waals surface area contributed by atoms with Crippen molar-refractivity contribution in [2.45, 2.75) is 6.04 Å². The fraction of sp³-hybridized carbons (Fsp3) is 0.417. The van der Waals surface area contributed by atoms with Gasteiger partial charge in [0.2, 0.25) is 0 Å². The standard InChI is InChI=1S/C12H14F2N2O2/c13-9-3-1-2-8(10(9)14)11(12(17)18)16-6-4-15-5-7-16/h1-3,11,15H,4-7H2,(H,17,18). The van der Waals surface area contributed by atoms with E-state index in [2.05, 4.69) is 5.32 Å². The molecular formula is C12H14F2N2O2. The first-order valence-corrected chi connectivity index (χ1v) is 5.72. The van der Waals surface area contributed by atoms with Crippen LogP contribution >= 0.6 is 0 Å². The van der Waals surface area contributed by atoms with Gasteiger partial charge in [-0.3, -0.25) is 9.69 Å². The molecule has 2 N–H and O–H groups in total. The quantitative estimate of drug-likeness (QED) is 0.847. The Morgan fingerprint density at radius 3 is 2.61 bits per heavy atom. The maximum atomic E-state index is 13.7. The predicted octanol–water partition coefficient (Wildman–Crippen LogP) is 0.996. The first-order valence-electron chi connectivity index (χ1n) is 5.72. The molecule has 1 aromatic carbocycles. The molecule has 98 valence electrons. The van der Waals surface area contributed by atoms with E-state index < -0.39 is 23.6 Å². The Kier molecular flexibility index (Phi) is 3.88. The monoisotopic (exact) mass is 256 g/mol. The van der Waals surface area contributed by atoms with Crippen molar-refractivity contribution in [3.05, 3.63) is 35.4 Å². The van der Waals surface area contributed by atoms with Gasteiger partial charge >= 0.3 is 5.97 Å². The van der Waals surface area contributed by atoms with E-state index in [9.17, 15) is 18.7 Å². The lowest BCUT2D eigenvalue weighted by molar-refractivity contribution is -0.144. The number of benzene rings is 1. The van der Waals surface area contributed by atoms with E-state index in [1.165, 1.54) is 12.1 Å². The minimum atomic E-state index is -1.17. The van der Waals surface area contributed by atoms with Gasteiger partial charge in [0.25, 0.3) is 0 Å². The smallest absolute Gasteiger partial charge is 0.325 e. The largest absolute Gasteiger partial charge is 0.480 e. The Morgan fingerprint density at radius 1 is 1.33 bits per heavy atom. The van der Waals surface area contributed by atoms with Crippen LogP contribution in [0.4, 0.5) is 8.78 Å². The summed E-state index contributed by atoms with van der Waals surface area (Å²) in [5.41, 5.74) is -0.121. The Morgan fingerprint density at radius 2 is 2.00 bits per heavy atom. The second-order valence-electron chi connectivity index (χ2n) is 4.17. The number of piperazine rings is 1. The van der Waals surface area contributed by atoms with Crippen LogP contribution in [0.25, 0.3) is 0 Å². The van der Waals surface area contributed by atoms with Gasteiger partial charge in [0, 0.05) is 31.7 Å². The molecule has 0 spiro atoms. The predicted molar refractivity (Wildman–Crippen MR) is 61.2 cm³/mol. The normalized spacial score (nSPS) is 18.6. The molecule has 0 bridgehead atoms. The number of halogens is 2. The molecule has 0 amide bonds. The van der Waals surface area contributed by atoms with Gasteiger partial charge in [0.1, 0.15) is 6.04 Å². The Hall–Kier alpha value is -1.53. The zero-order valence-electron chi connectivity index (χ0n) is 9.70.